The fourth-order valence-corrected chi connectivity index (χ4v) is 2.91. The van der Waals surface area contributed by atoms with Crippen LogP contribution in [0.15, 0.2) is 65.6 Å². The van der Waals surface area contributed by atoms with Crippen LogP contribution in [0.25, 0.3) is 6.08 Å². The van der Waals surface area contributed by atoms with Crippen molar-refractivity contribution in [1.82, 2.24) is 10.6 Å². The molecule has 0 aromatic heterocycles. The maximum absolute atomic E-state index is 12.1. The topological polar surface area (TPSA) is 118 Å². The minimum absolute atomic E-state index is 0.0418. The number of amides is 2. The van der Waals surface area contributed by atoms with Crippen LogP contribution in [-0.4, -0.2) is 32.8 Å². The molecule has 2 rings (SSSR count). The molecule has 7 nitrogen and oxygen atoms in total. The molecule has 0 saturated carbocycles. The third-order valence-electron chi connectivity index (χ3n) is 3.94. The second-order valence-electron chi connectivity index (χ2n) is 6.20. The summed E-state index contributed by atoms with van der Waals surface area (Å²) in [7, 11) is -3.71. The summed E-state index contributed by atoms with van der Waals surface area (Å²) in [5.74, 6) is -0.660. The van der Waals surface area contributed by atoms with Crippen molar-refractivity contribution in [3.63, 3.8) is 0 Å². The first-order chi connectivity index (χ1) is 13.3. The molecule has 8 heteroatoms. The van der Waals surface area contributed by atoms with Gasteiger partial charge in [0.1, 0.15) is 6.04 Å². The summed E-state index contributed by atoms with van der Waals surface area (Å²) < 4.78 is 22.4. The fourth-order valence-electron chi connectivity index (χ4n) is 2.39. The predicted octanol–water partition coefficient (Wildman–Crippen LogP) is 1.21. The van der Waals surface area contributed by atoms with Crippen molar-refractivity contribution >= 4 is 27.9 Å². The van der Waals surface area contributed by atoms with Crippen molar-refractivity contribution in [2.45, 2.75) is 24.3 Å². The van der Waals surface area contributed by atoms with E-state index in [1.165, 1.54) is 18.2 Å². The van der Waals surface area contributed by atoms with Crippen molar-refractivity contribution in [3.8, 4) is 0 Å². The van der Waals surface area contributed by atoms with Gasteiger partial charge in [-0.15, -0.1) is 0 Å². The summed E-state index contributed by atoms with van der Waals surface area (Å²) in [5, 5.41) is 10.4. The zero-order valence-electron chi connectivity index (χ0n) is 15.5. The van der Waals surface area contributed by atoms with Crippen LogP contribution in [0.4, 0.5) is 0 Å². The molecule has 0 aliphatic rings. The molecular formula is C20H23N3O4S. The van der Waals surface area contributed by atoms with Gasteiger partial charge in [0.2, 0.25) is 21.8 Å². The van der Waals surface area contributed by atoms with Gasteiger partial charge in [-0.05, 0) is 42.7 Å². The molecule has 0 fully saturated rings. The number of rotatable bonds is 8. The molecule has 0 spiro atoms. The van der Waals surface area contributed by atoms with Crippen molar-refractivity contribution in [2.75, 3.05) is 6.54 Å². The number of primary sulfonamides is 1. The Bertz CT molecular complexity index is 939. The first-order valence-corrected chi connectivity index (χ1v) is 10.2. The Kier molecular flexibility index (Phi) is 7.48. The van der Waals surface area contributed by atoms with E-state index in [9.17, 15) is 18.0 Å². The third kappa shape index (κ3) is 6.98. The van der Waals surface area contributed by atoms with Crippen LogP contribution in [0.5, 0.6) is 0 Å². The van der Waals surface area contributed by atoms with Crippen LogP contribution in [0.3, 0.4) is 0 Å². The highest BCUT2D eigenvalue weighted by Gasteiger charge is 2.13. The van der Waals surface area contributed by atoms with Crippen LogP contribution in [-0.2, 0) is 26.0 Å². The zero-order valence-corrected chi connectivity index (χ0v) is 16.3. The van der Waals surface area contributed by atoms with E-state index in [0.29, 0.717) is 13.0 Å². The molecule has 0 aliphatic heterocycles. The molecule has 0 heterocycles. The summed E-state index contributed by atoms with van der Waals surface area (Å²) in [6.45, 7) is 1.96. The maximum Gasteiger partial charge on any atom is 0.244 e. The number of carbonyl (C=O) groups is 2. The van der Waals surface area contributed by atoms with Gasteiger partial charge in [0, 0.05) is 12.6 Å². The quantitative estimate of drug-likeness (QED) is 0.576. The van der Waals surface area contributed by atoms with Crippen molar-refractivity contribution in [2.24, 2.45) is 5.14 Å². The number of carbonyl (C=O) groups excluding carboxylic acids is 2. The van der Waals surface area contributed by atoms with Crippen LogP contribution in [0, 0.1) is 0 Å². The Morgan fingerprint density at radius 1 is 1.07 bits per heavy atom. The largest absolute Gasteiger partial charge is 0.354 e. The van der Waals surface area contributed by atoms with Crippen molar-refractivity contribution < 1.29 is 18.0 Å². The molecule has 2 aromatic carbocycles. The Labute approximate surface area is 164 Å². The summed E-state index contributed by atoms with van der Waals surface area (Å²) in [5.41, 5.74) is 1.75. The molecule has 2 amide bonds. The Hall–Kier alpha value is -2.97. The van der Waals surface area contributed by atoms with E-state index in [2.05, 4.69) is 10.6 Å². The molecular weight excluding hydrogens is 378 g/mol. The van der Waals surface area contributed by atoms with E-state index in [1.54, 1.807) is 25.1 Å². The summed E-state index contributed by atoms with van der Waals surface area (Å²) in [6, 6.07) is 14.8. The normalized spacial score (nSPS) is 12.5. The van der Waals surface area contributed by atoms with E-state index in [0.717, 1.165) is 11.1 Å². The molecule has 2 aromatic rings. The second kappa shape index (κ2) is 9.82. The fraction of sp³-hybridized carbons (Fsp3) is 0.200. The van der Waals surface area contributed by atoms with Gasteiger partial charge in [0.05, 0.1) is 4.90 Å². The van der Waals surface area contributed by atoms with Crippen LogP contribution < -0.4 is 15.8 Å². The number of sulfonamides is 1. The second-order valence-corrected chi connectivity index (χ2v) is 7.77. The molecule has 0 saturated heterocycles. The molecule has 0 radical (unpaired) electrons. The highest BCUT2D eigenvalue weighted by Crippen LogP contribution is 2.09. The number of nitrogens with two attached hydrogens (primary N) is 1. The average Bonchev–Trinajstić information content (AvgIpc) is 2.66. The van der Waals surface area contributed by atoms with Gasteiger partial charge in [-0.1, -0.05) is 42.5 Å². The molecule has 148 valence electrons. The van der Waals surface area contributed by atoms with Gasteiger partial charge in [-0.2, -0.15) is 0 Å². The number of benzene rings is 2. The predicted molar refractivity (Wildman–Crippen MR) is 108 cm³/mol. The number of hydrogen-bond acceptors (Lipinski definition) is 4. The summed E-state index contributed by atoms with van der Waals surface area (Å²) in [6.07, 6.45) is 3.57. The first kappa shape index (κ1) is 21.3. The number of hydrogen-bond donors (Lipinski definition) is 3. The molecule has 0 unspecified atom stereocenters. The van der Waals surface area contributed by atoms with Gasteiger partial charge < -0.3 is 10.6 Å². The van der Waals surface area contributed by atoms with E-state index < -0.39 is 16.1 Å². The van der Waals surface area contributed by atoms with E-state index in [-0.39, 0.29) is 16.7 Å². The summed E-state index contributed by atoms with van der Waals surface area (Å²) >= 11 is 0. The van der Waals surface area contributed by atoms with Gasteiger partial charge >= 0.3 is 0 Å². The lowest BCUT2D eigenvalue weighted by atomic mass is 10.1. The van der Waals surface area contributed by atoms with Crippen LogP contribution in [0.2, 0.25) is 0 Å². The van der Waals surface area contributed by atoms with Crippen LogP contribution in [0.1, 0.15) is 18.1 Å². The van der Waals surface area contributed by atoms with Crippen molar-refractivity contribution in [3.05, 3.63) is 71.8 Å². The molecule has 0 aliphatic carbocycles. The third-order valence-corrected chi connectivity index (χ3v) is 4.87. The SMILES string of the molecule is C[C@H](NC(=O)/C=C/c1ccccc1)C(=O)NCCc1ccc(S(N)(=O)=O)cc1. The van der Waals surface area contributed by atoms with Gasteiger partial charge in [-0.3, -0.25) is 9.59 Å². The minimum Gasteiger partial charge on any atom is -0.354 e. The average molecular weight is 401 g/mol. The molecule has 0 bridgehead atoms. The smallest absolute Gasteiger partial charge is 0.244 e. The Morgan fingerprint density at radius 3 is 2.32 bits per heavy atom. The molecule has 1 atom stereocenters. The number of nitrogens with one attached hydrogen (secondary N) is 2. The lowest BCUT2D eigenvalue weighted by Crippen LogP contribution is -2.44. The van der Waals surface area contributed by atoms with E-state index >= 15 is 0 Å². The van der Waals surface area contributed by atoms with Gasteiger partial charge in [0.25, 0.3) is 0 Å². The first-order valence-electron chi connectivity index (χ1n) is 8.69. The van der Waals surface area contributed by atoms with E-state index in [4.69, 9.17) is 5.14 Å². The zero-order chi connectivity index (χ0) is 20.6. The van der Waals surface area contributed by atoms with Crippen LogP contribution >= 0.6 is 0 Å². The Morgan fingerprint density at radius 2 is 1.71 bits per heavy atom. The van der Waals surface area contributed by atoms with Gasteiger partial charge in [0.15, 0.2) is 0 Å². The summed E-state index contributed by atoms with van der Waals surface area (Å²) in [4.78, 5) is 24.0. The highest BCUT2D eigenvalue weighted by atomic mass is 32.2. The standard InChI is InChI=1S/C20H23N3O4S/c1-15(23-19(24)12-9-16-5-3-2-4-6-16)20(25)22-14-13-17-7-10-18(11-8-17)28(21,26)27/h2-12,15H,13-14H2,1H3,(H,22,25)(H,23,24)(H2,21,26,27)/b12-9+/t15-/m0/s1. The monoisotopic (exact) mass is 401 g/mol. The maximum atomic E-state index is 12.1. The minimum atomic E-state index is -3.71. The lowest BCUT2D eigenvalue weighted by molar-refractivity contribution is -0.126. The lowest BCUT2D eigenvalue weighted by Gasteiger charge is -2.13. The van der Waals surface area contributed by atoms with E-state index in [1.807, 2.05) is 30.3 Å². The molecule has 4 N–H and O–H groups in total. The molecule has 28 heavy (non-hydrogen) atoms. The Balaban J connectivity index is 1.76. The highest BCUT2D eigenvalue weighted by molar-refractivity contribution is 7.89. The van der Waals surface area contributed by atoms with Crippen molar-refractivity contribution in [1.29, 1.82) is 0 Å². The van der Waals surface area contributed by atoms with Gasteiger partial charge in [-0.25, -0.2) is 13.6 Å².